The number of carbonyl (C=O) groups is 4. The number of fused-ring (bicyclic) bond motifs is 5. The Hall–Kier alpha value is -1.76. The molecule has 2 bridgehead atoms. The van der Waals surface area contributed by atoms with Crippen molar-refractivity contribution >= 4 is 23.6 Å². The molecule has 4 saturated heterocycles. The number of rotatable bonds is 1. The average molecular weight is 278 g/mol. The summed E-state index contributed by atoms with van der Waals surface area (Å²) < 4.78 is 5.64. The second-order valence-electron chi connectivity index (χ2n) is 5.86. The first-order valence-corrected chi connectivity index (χ1v) is 6.94. The van der Waals surface area contributed by atoms with E-state index in [4.69, 9.17) is 4.74 Å². The topological polar surface area (TPSA) is 92.8 Å². The van der Waals surface area contributed by atoms with Gasteiger partial charge in [0, 0.05) is 6.42 Å². The number of nitrogens with zero attached hydrogens (tertiary/aromatic N) is 1. The lowest BCUT2D eigenvalue weighted by Crippen LogP contribution is -2.55. The number of amides is 4. The van der Waals surface area contributed by atoms with Gasteiger partial charge >= 0.3 is 0 Å². The maximum Gasteiger partial charge on any atom is 0.249 e. The maximum absolute atomic E-state index is 12.5. The summed E-state index contributed by atoms with van der Waals surface area (Å²) in [6.45, 7) is 0. The summed E-state index contributed by atoms with van der Waals surface area (Å²) in [5.74, 6) is -2.35. The number of likely N-dealkylation sites (tertiary alicyclic amines) is 1. The van der Waals surface area contributed by atoms with Gasteiger partial charge in [-0.25, -0.2) is 0 Å². The zero-order valence-electron chi connectivity index (χ0n) is 10.7. The molecule has 4 aliphatic rings. The Labute approximate surface area is 114 Å². The monoisotopic (exact) mass is 278 g/mol. The number of imide groups is 2. The van der Waals surface area contributed by atoms with Crippen LogP contribution in [-0.4, -0.2) is 46.8 Å². The molecule has 4 amide bonds. The van der Waals surface area contributed by atoms with E-state index in [0.717, 1.165) is 17.7 Å². The zero-order chi connectivity index (χ0) is 14.0. The fourth-order valence-electron chi connectivity index (χ4n) is 3.97. The van der Waals surface area contributed by atoms with Crippen LogP contribution in [0, 0.1) is 11.8 Å². The molecule has 4 heterocycles. The van der Waals surface area contributed by atoms with Gasteiger partial charge in [0.25, 0.3) is 0 Å². The molecule has 4 aliphatic heterocycles. The molecule has 7 nitrogen and oxygen atoms in total. The first-order chi connectivity index (χ1) is 9.58. The van der Waals surface area contributed by atoms with Crippen LogP contribution in [0.4, 0.5) is 0 Å². The fraction of sp³-hybridized carbons (Fsp3) is 0.692. The van der Waals surface area contributed by atoms with Crippen LogP contribution in [0.3, 0.4) is 0 Å². The Morgan fingerprint density at radius 3 is 2.10 bits per heavy atom. The largest absolute Gasteiger partial charge is 0.373 e. The van der Waals surface area contributed by atoms with Crippen LogP contribution >= 0.6 is 0 Å². The summed E-state index contributed by atoms with van der Waals surface area (Å²) in [7, 11) is 0. The highest BCUT2D eigenvalue weighted by molar-refractivity contribution is 6.11. The smallest absolute Gasteiger partial charge is 0.249 e. The molecule has 4 rings (SSSR count). The number of piperidine rings is 1. The molecule has 4 fully saturated rings. The van der Waals surface area contributed by atoms with Crippen LogP contribution in [0.2, 0.25) is 0 Å². The van der Waals surface area contributed by atoms with Crippen LogP contribution in [0.15, 0.2) is 0 Å². The van der Waals surface area contributed by atoms with Crippen LogP contribution in [0.5, 0.6) is 0 Å². The molecule has 106 valence electrons. The highest BCUT2D eigenvalue weighted by Crippen LogP contribution is 2.49. The summed E-state index contributed by atoms with van der Waals surface area (Å²) in [5, 5.41) is 2.20. The third-order valence-corrected chi connectivity index (χ3v) is 4.84. The molecule has 0 spiro atoms. The average Bonchev–Trinajstić information content (AvgIpc) is 3.06. The van der Waals surface area contributed by atoms with Crippen LogP contribution in [-0.2, 0) is 23.9 Å². The van der Waals surface area contributed by atoms with E-state index >= 15 is 0 Å². The van der Waals surface area contributed by atoms with Crippen molar-refractivity contribution in [3.63, 3.8) is 0 Å². The second-order valence-corrected chi connectivity index (χ2v) is 5.86. The van der Waals surface area contributed by atoms with Crippen molar-refractivity contribution < 1.29 is 23.9 Å². The van der Waals surface area contributed by atoms with Crippen LogP contribution < -0.4 is 5.32 Å². The number of ether oxygens (including phenoxy) is 1. The van der Waals surface area contributed by atoms with Crippen molar-refractivity contribution in [1.82, 2.24) is 10.2 Å². The quantitative estimate of drug-likeness (QED) is 0.618. The van der Waals surface area contributed by atoms with Crippen molar-refractivity contribution in [2.75, 3.05) is 0 Å². The third kappa shape index (κ3) is 1.38. The fourth-order valence-corrected chi connectivity index (χ4v) is 3.97. The molecular weight excluding hydrogens is 264 g/mol. The minimum absolute atomic E-state index is 0.159. The summed E-state index contributed by atoms with van der Waals surface area (Å²) >= 11 is 0. The summed E-state index contributed by atoms with van der Waals surface area (Å²) in [4.78, 5) is 49.1. The molecule has 20 heavy (non-hydrogen) atoms. The van der Waals surface area contributed by atoms with Gasteiger partial charge in [-0.3, -0.25) is 29.4 Å². The van der Waals surface area contributed by atoms with Gasteiger partial charge in [0.2, 0.25) is 23.6 Å². The minimum atomic E-state index is -0.835. The number of hydrogen-bond acceptors (Lipinski definition) is 5. The first kappa shape index (κ1) is 12.0. The molecular formula is C13H14N2O5. The predicted octanol–water partition coefficient (Wildman–Crippen LogP) is -1.05. The molecule has 7 heteroatoms. The Bertz CT molecular complexity index is 517. The Kier molecular flexibility index (Phi) is 2.33. The molecule has 1 N–H and O–H groups in total. The van der Waals surface area contributed by atoms with Crippen molar-refractivity contribution in [2.45, 2.75) is 43.9 Å². The molecule has 0 aromatic heterocycles. The van der Waals surface area contributed by atoms with Gasteiger partial charge in [0.15, 0.2) is 0 Å². The van der Waals surface area contributed by atoms with Gasteiger partial charge in [-0.05, 0) is 19.3 Å². The van der Waals surface area contributed by atoms with Crippen LogP contribution in [0.25, 0.3) is 0 Å². The van der Waals surface area contributed by atoms with E-state index in [0.29, 0.717) is 0 Å². The van der Waals surface area contributed by atoms with Crippen molar-refractivity contribution in [1.29, 1.82) is 0 Å². The summed E-state index contributed by atoms with van der Waals surface area (Å²) in [5.41, 5.74) is 0. The Morgan fingerprint density at radius 1 is 0.950 bits per heavy atom. The minimum Gasteiger partial charge on any atom is -0.373 e. The van der Waals surface area contributed by atoms with E-state index in [2.05, 4.69) is 5.32 Å². The van der Waals surface area contributed by atoms with Crippen molar-refractivity contribution in [2.24, 2.45) is 11.8 Å². The molecule has 0 aromatic carbocycles. The van der Waals surface area contributed by atoms with Gasteiger partial charge in [0.05, 0.1) is 24.0 Å². The van der Waals surface area contributed by atoms with Gasteiger partial charge in [0.1, 0.15) is 6.04 Å². The summed E-state index contributed by atoms with van der Waals surface area (Å²) in [6.07, 6.45) is 1.62. The van der Waals surface area contributed by atoms with Gasteiger partial charge < -0.3 is 4.74 Å². The lowest BCUT2D eigenvalue weighted by atomic mass is 9.81. The number of carbonyl (C=O) groups excluding carboxylic acids is 4. The Morgan fingerprint density at radius 2 is 1.55 bits per heavy atom. The van der Waals surface area contributed by atoms with E-state index < -0.39 is 23.8 Å². The molecule has 5 atom stereocenters. The first-order valence-electron chi connectivity index (χ1n) is 6.94. The lowest BCUT2D eigenvalue weighted by molar-refractivity contribution is -0.153. The van der Waals surface area contributed by atoms with E-state index in [1.807, 2.05) is 0 Å². The Balaban J connectivity index is 1.64. The molecule has 0 aliphatic carbocycles. The number of hydrogen-bond donors (Lipinski definition) is 1. The highest BCUT2D eigenvalue weighted by Gasteiger charge is 2.64. The lowest BCUT2D eigenvalue weighted by Gasteiger charge is -2.29. The maximum atomic E-state index is 12.5. The van der Waals surface area contributed by atoms with E-state index in [9.17, 15) is 19.2 Å². The normalized spacial score (nSPS) is 43.2. The summed E-state index contributed by atoms with van der Waals surface area (Å²) in [6, 6.07) is -0.835. The molecule has 5 unspecified atom stereocenters. The second kappa shape index (κ2) is 3.88. The molecule has 0 radical (unpaired) electrons. The van der Waals surface area contributed by atoms with Gasteiger partial charge in [-0.2, -0.15) is 0 Å². The standard InChI is InChI=1S/C13H14N2O5/c16-8-4-1-5(11(17)14-8)15-12(18)9-6-2-3-7(20-6)10(9)13(15)19/h5-7,9-10H,1-4H2,(H,14,16,17). The zero-order valence-corrected chi connectivity index (χ0v) is 10.7. The van der Waals surface area contributed by atoms with Gasteiger partial charge in [-0.15, -0.1) is 0 Å². The van der Waals surface area contributed by atoms with Gasteiger partial charge in [-0.1, -0.05) is 0 Å². The van der Waals surface area contributed by atoms with Crippen molar-refractivity contribution in [3.8, 4) is 0 Å². The van der Waals surface area contributed by atoms with Crippen LogP contribution in [0.1, 0.15) is 25.7 Å². The predicted molar refractivity (Wildman–Crippen MR) is 62.9 cm³/mol. The SMILES string of the molecule is O=C1CCC(N2C(=O)C3C4CCC(O4)C3C2=O)C(=O)N1. The highest BCUT2D eigenvalue weighted by atomic mass is 16.5. The van der Waals surface area contributed by atoms with Crippen molar-refractivity contribution in [3.05, 3.63) is 0 Å². The number of nitrogens with one attached hydrogen (secondary N) is 1. The van der Waals surface area contributed by atoms with E-state index in [1.165, 1.54) is 0 Å². The molecule has 0 aromatic rings. The van der Waals surface area contributed by atoms with E-state index in [1.54, 1.807) is 0 Å². The third-order valence-electron chi connectivity index (χ3n) is 4.84. The molecule has 0 saturated carbocycles. The van der Waals surface area contributed by atoms with E-state index in [-0.39, 0.29) is 42.8 Å².